The van der Waals surface area contributed by atoms with Crippen LogP contribution in [-0.2, 0) is 5.54 Å². The summed E-state index contributed by atoms with van der Waals surface area (Å²) in [6.45, 7) is 4.30. The van der Waals surface area contributed by atoms with E-state index in [-0.39, 0.29) is 5.54 Å². The maximum Gasteiger partial charge on any atom is 0.115 e. The van der Waals surface area contributed by atoms with Crippen LogP contribution in [0.5, 0.6) is 5.75 Å². The van der Waals surface area contributed by atoms with E-state index in [4.69, 9.17) is 5.73 Å². The van der Waals surface area contributed by atoms with E-state index in [9.17, 15) is 5.11 Å². The third-order valence-corrected chi connectivity index (χ3v) is 2.83. The van der Waals surface area contributed by atoms with Crippen molar-refractivity contribution in [3.63, 3.8) is 0 Å². The largest absolute Gasteiger partial charge is 0.508 e. The van der Waals surface area contributed by atoms with Gasteiger partial charge in [0, 0.05) is 5.54 Å². The summed E-state index contributed by atoms with van der Waals surface area (Å²) in [6.07, 6.45) is 4.14. The lowest BCUT2D eigenvalue weighted by atomic mass is 9.83. The zero-order chi connectivity index (χ0) is 11.3. The molecule has 0 fully saturated rings. The average molecular weight is 207 g/mol. The molecule has 1 rings (SSSR count). The zero-order valence-corrected chi connectivity index (χ0v) is 9.66. The van der Waals surface area contributed by atoms with Crippen molar-refractivity contribution >= 4 is 0 Å². The van der Waals surface area contributed by atoms with Gasteiger partial charge >= 0.3 is 0 Å². The lowest BCUT2D eigenvalue weighted by Crippen LogP contribution is -2.36. The fourth-order valence-corrected chi connectivity index (χ4v) is 2.10. The molecule has 0 spiro atoms. The molecular weight excluding hydrogens is 186 g/mol. The normalized spacial score (nSPS) is 11.7. The third kappa shape index (κ3) is 2.96. The summed E-state index contributed by atoms with van der Waals surface area (Å²) in [5.74, 6) is 0.300. The number of nitrogens with two attached hydrogens (primary N) is 1. The molecule has 1 aromatic rings. The molecule has 0 aliphatic carbocycles. The smallest absolute Gasteiger partial charge is 0.115 e. The number of hydrogen-bond acceptors (Lipinski definition) is 2. The Hall–Kier alpha value is -1.02. The van der Waals surface area contributed by atoms with E-state index in [1.54, 1.807) is 12.1 Å². The minimum absolute atomic E-state index is 0.225. The molecular formula is C13H21NO. The van der Waals surface area contributed by atoms with Crippen molar-refractivity contribution in [3.8, 4) is 5.75 Å². The molecule has 2 nitrogen and oxygen atoms in total. The van der Waals surface area contributed by atoms with E-state index in [0.717, 1.165) is 31.2 Å². The monoisotopic (exact) mass is 207 g/mol. The van der Waals surface area contributed by atoms with Gasteiger partial charge in [0.25, 0.3) is 0 Å². The first-order valence-corrected chi connectivity index (χ1v) is 5.70. The number of hydrogen-bond donors (Lipinski definition) is 2. The number of phenols is 1. The number of phenolic OH excluding ortho intramolecular Hbond substituents is 1. The number of benzene rings is 1. The fraction of sp³-hybridized carbons (Fsp3) is 0.538. The summed E-state index contributed by atoms with van der Waals surface area (Å²) in [5.41, 5.74) is 7.31. The van der Waals surface area contributed by atoms with Crippen LogP contribution in [0, 0.1) is 0 Å². The van der Waals surface area contributed by atoms with Crippen molar-refractivity contribution < 1.29 is 5.11 Å². The van der Waals surface area contributed by atoms with E-state index in [2.05, 4.69) is 13.8 Å². The molecule has 84 valence electrons. The SMILES string of the molecule is CCCC(N)(CCC)c1ccc(O)cc1. The molecule has 0 saturated carbocycles. The molecule has 0 unspecified atom stereocenters. The second-order valence-electron chi connectivity index (χ2n) is 4.20. The molecule has 0 aromatic heterocycles. The van der Waals surface area contributed by atoms with Gasteiger partial charge in [-0.2, -0.15) is 0 Å². The molecule has 0 aliphatic heterocycles. The molecule has 0 bridgehead atoms. The first-order valence-electron chi connectivity index (χ1n) is 5.70. The molecule has 3 N–H and O–H groups in total. The minimum Gasteiger partial charge on any atom is -0.508 e. The standard InChI is InChI=1S/C13H21NO/c1-3-9-13(14,10-4-2)11-5-7-12(15)8-6-11/h5-8,15H,3-4,9-10,14H2,1-2H3. The van der Waals surface area contributed by atoms with Crippen LogP contribution < -0.4 is 5.73 Å². The van der Waals surface area contributed by atoms with Gasteiger partial charge in [-0.25, -0.2) is 0 Å². The molecule has 0 heterocycles. The molecule has 0 saturated heterocycles. The molecule has 0 amide bonds. The van der Waals surface area contributed by atoms with Gasteiger partial charge in [-0.15, -0.1) is 0 Å². The van der Waals surface area contributed by atoms with Gasteiger partial charge in [-0.05, 0) is 30.5 Å². The van der Waals surface area contributed by atoms with Crippen molar-refractivity contribution in [1.82, 2.24) is 0 Å². The highest BCUT2D eigenvalue weighted by molar-refractivity contribution is 5.30. The molecule has 0 atom stereocenters. The van der Waals surface area contributed by atoms with Crippen LogP contribution >= 0.6 is 0 Å². The Bertz CT molecular complexity index is 286. The summed E-state index contributed by atoms with van der Waals surface area (Å²) < 4.78 is 0. The molecule has 0 aliphatic rings. The topological polar surface area (TPSA) is 46.2 Å². The summed E-state index contributed by atoms with van der Waals surface area (Å²) in [4.78, 5) is 0. The van der Waals surface area contributed by atoms with Gasteiger partial charge < -0.3 is 10.8 Å². The lowest BCUT2D eigenvalue weighted by Gasteiger charge is -2.29. The van der Waals surface area contributed by atoms with Crippen LogP contribution in [0.25, 0.3) is 0 Å². The number of rotatable bonds is 5. The Balaban J connectivity index is 2.92. The van der Waals surface area contributed by atoms with Crippen molar-refractivity contribution in [2.45, 2.75) is 45.1 Å². The first-order chi connectivity index (χ1) is 7.12. The number of aromatic hydroxyl groups is 1. The predicted molar refractivity (Wildman–Crippen MR) is 63.8 cm³/mol. The summed E-state index contributed by atoms with van der Waals surface area (Å²) in [5, 5.41) is 9.24. The highest BCUT2D eigenvalue weighted by Gasteiger charge is 2.24. The average Bonchev–Trinajstić information content (AvgIpc) is 2.19. The van der Waals surface area contributed by atoms with E-state index in [1.165, 1.54) is 0 Å². The third-order valence-electron chi connectivity index (χ3n) is 2.83. The van der Waals surface area contributed by atoms with Gasteiger partial charge in [0.15, 0.2) is 0 Å². The Morgan fingerprint density at radius 2 is 1.53 bits per heavy atom. The Morgan fingerprint density at radius 3 is 1.93 bits per heavy atom. The summed E-state index contributed by atoms with van der Waals surface area (Å²) >= 11 is 0. The van der Waals surface area contributed by atoms with Gasteiger partial charge in [0.05, 0.1) is 0 Å². The fourth-order valence-electron chi connectivity index (χ4n) is 2.10. The van der Waals surface area contributed by atoms with Crippen LogP contribution in [0.4, 0.5) is 0 Å². The summed E-state index contributed by atoms with van der Waals surface area (Å²) in [6, 6.07) is 7.28. The summed E-state index contributed by atoms with van der Waals surface area (Å²) in [7, 11) is 0. The van der Waals surface area contributed by atoms with Crippen molar-refractivity contribution in [2.75, 3.05) is 0 Å². The van der Waals surface area contributed by atoms with Crippen molar-refractivity contribution in [1.29, 1.82) is 0 Å². The van der Waals surface area contributed by atoms with E-state index in [1.807, 2.05) is 12.1 Å². The second-order valence-corrected chi connectivity index (χ2v) is 4.20. The van der Waals surface area contributed by atoms with E-state index >= 15 is 0 Å². The second kappa shape index (κ2) is 5.17. The van der Waals surface area contributed by atoms with Crippen LogP contribution in [0.3, 0.4) is 0 Å². The quantitative estimate of drug-likeness (QED) is 0.779. The Labute approximate surface area is 92.1 Å². The van der Waals surface area contributed by atoms with Crippen LogP contribution in [0.15, 0.2) is 24.3 Å². The van der Waals surface area contributed by atoms with Gasteiger partial charge in [0.2, 0.25) is 0 Å². The predicted octanol–water partition coefficient (Wildman–Crippen LogP) is 3.15. The highest BCUT2D eigenvalue weighted by Crippen LogP contribution is 2.29. The maximum absolute atomic E-state index is 9.24. The van der Waals surface area contributed by atoms with Gasteiger partial charge in [-0.3, -0.25) is 0 Å². The lowest BCUT2D eigenvalue weighted by molar-refractivity contribution is 0.369. The van der Waals surface area contributed by atoms with Crippen LogP contribution in [0.1, 0.15) is 45.1 Å². The zero-order valence-electron chi connectivity index (χ0n) is 9.66. The molecule has 15 heavy (non-hydrogen) atoms. The Morgan fingerprint density at radius 1 is 1.07 bits per heavy atom. The van der Waals surface area contributed by atoms with Gasteiger partial charge in [-0.1, -0.05) is 38.8 Å². The van der Waals surface area contributed by atoms with Crippen LogP contribution in [-0.4, -0.2) is 5.11 Å². The van der Waals surface area contributed by atoms with E-state index < -0.39 is 0 Å². The molecule has 1 aromatic carbocycles. The van der Waals surface area contributed by atoms with Gasteiger partial charge in [0.1, 0.15) is 5.75 Å². The highest BCUT2D eigenvalue weighted by atomic mass is 16.3. The first kappa shape index (κ1) is 12.1. The van der Waals surface area contributed by atoms with Crippen molar-refractivity contribution in [2.24, 2.45) is 5.73 Å². The Kier molecular flexibility index (Phi) is 4.15. The molecule has 2 heteroatoms. The van der Waals surface area contributed by atoms with Crippen molar-refractivity contribution in [3.05, 3.63) is 29.8 Å². The maximum atomic E-state index is 9.24. The van der Waals surface area contributed by atoms with Crippen LogP contribution in [0.2, 0.25) is 0 Å². The molecule has 0 radical (unpaired) electrons. The minimum atomic E-state index is -0.225. The van der Waals surface area contributed by atoms with E-state index in [0.29, 0.717) is 5.75 Å².